The second-order valence-corrected chi connectivity index (χ2v) is 7.41. The molecule has 0 N–H and O–H groups in total. The Morgan fingerprint density at radius 2 is 1.52 bits per heavy atom. The molecule has 0 radical (unpaired) electrons. The minimum Gasteiger partial charge on any atom is -0.481 e. The maximum Gasteiger partial charge on any atom is 0.263 e. The first kappa shape index (κ1) is 20.7. The van der Waals surface area contributed by atoms with Crippen LogP contribution in [-0.4, -0.2) is 53.1 Å². The molecule has 3 aromatic rings. The van der Waals surface area contributed by atoms with Crippen molar-refractivity contribution in [2.75, 3.05) is 31.1 Å². The van der Waals surface area contributed by atoms with Gasteiger partial charge in [-0.2, -0.15) is 4.98 Å². The lowest BCUT2D eigenvalue weighted by molar-refractivity contribution is -0.138. The molecule has 0 aliphatic carbocycles. The molecule has 0 spiro atoms. The highest BCUT2D eigenvalue weighted by Crippen LogP contribution is 2.24. The predicted octanol–water partition coefficient (Wildman–Crippen LogP) is 3.69. The van der Waals surface area contributed by atoms with Gasteiger partial charge in [-0.05, 0) is 38.1 Å². The third kappa shape index (κ3) is 5.31. The SMILES string of the molecule is Cc1nc(Oc2ccccc2)cc(N2CCN(C(=O)C(C)Oc3ccccc3)CC2)n1. The number of aryl methyl sites for hydroxylation is 1. The summed E-state index contributed by atoms with van der Waals surface area (Å²) in [6.07, 6.45) is -0.527. The van der Waals surface area contributed by atoms with E-state index in [0.29, 0.717) is 43.6 Å². The topological polar surface area (TPSA) is 67.8 Å². The molecule has 1 aliphatic heterocycles. The van der Waals surface area contributed by atoms with E-state index in [0.717, 1.165) is 11.6 Å². The molecule has 31 heavy (non-hydrogen) atoms. The van der Waals surface area contributed by atoms with Crippen molar-refractivity contribution in [3.63, 3.8) is 0 Å². The summed E-state index contributed by atoms with van der Waals surface area (Å²) in [5, 5.41) is 0. The summed E-state index contributed by atoms with van der Waals surface area (Å²) in [7, 11) is 0. The Labute approximate surface area is 182 Å². The van der Waals surface area contributed by atoms with Crippen LogP contribution < -0.4 is 14.4 Å². The number of benzene rings is 2. The number of carbonyl (C=O) groups is 1. The van der Waals surface area contributed by atoms with Crippen molar-refractivity contribution in [1.29, 1.82) is 0 Å². The van der Waals surface area contributed by atoms with Gasteiger partial charge in [0.2, 0.25) is 5.88 Å². The fourth-order valence-corrected chi connectivity index (χ4v) is 3.52. The van der Waals surface area contributed by atoms with Crippen molar-refractivity contribution in [2.24, 2.45) is 0 Å². The lowest BCUT2D eigenvalue weighted by Gasteiger charge is -2.36. The Hall–Kier alpha value is -3.61. The first-order chi connectivity index (χ1) is 15.1. The van der Waals surface area contributed by atoms with Crippen LogP contribution in [0.4, 0.5) is 5.82 Å². The minimum atomic E-state index is -0.527. The monoisotopic (exact) mass is 418 g/mol. The van der Waals surface area contributed by atoms with Crippen LogP contribution in [0.25, 0.3) is 0 Å². The average molecular weight is 418 g/mol. The van der Waals surface area contributed by atoms with Gasteiger partial charge in [-0.25, -0.2) is 4.98 Å². The van der Waals surface area contributed by atoms with E-state index in [1.165, 1.54) is 0 Å². The Balaban J connectivity index is 1.36. The van der Waals surface area contributed by atoms with Gasteiger partial charge in [0.05, 0.1) is 0 Å². The number of hydrogen-bond acceptors (Lipinski definition) is 6. The van der Waals surface area contributed by atoms with Crippen molar-refractivity contribution in [1.82, 2.24) is 14.9 Å². The van der Waals surface area contributed by atoms with Crippen molar-refractivity contribution in [3.05, 3.63) is 72.6 Å². The van der Waals surface area contributed by atoms with Crippen molar-refractivity contribution in [2.45, 2.75) is 20.0 Å². The van der Waals surface area contributed by atoms with Crippen molar-refractivity contribution < 1.29 is 14.3 Å². The molecule has 7 heteroatoms. The lowest BCUT2D eigenvalue weighted by Crippen LogP contribution is -2.52. The third-order valence-electron chi connectivity index (χ3n) is 5.09. The molecular weight excluding hydrogens is 392 g/mol. The van der Waals surface area contributed by atoms with Crippen LogP contribution in [0.3, 0.4) is 0 Å². The second kappa shape index (κ2) is 9.47. The van der Waals surface area contributed by atoms with E-state index in [4.69, 9.17) is 9.47 Å². The number of piperazine rings is 1. The second-order valence-electron chi connectivity index (χ2n) is 7.41. The van der Waals surface area contributed by atoms with Crippen LogP contribution in [0.15, 0.2) is 66.7 Å². The smallest absolute Gasteiger partial charge is 0.263 e. The largest absolute Gasteiger partial charge is 0.481 e. The van der Waals surface area contributed by atoms with Gasteiger partial charge in [0, 0.05) is 32.2 Å². The summed E-state index contributed by atoms with van der Waals surface area (Å²) in [4.78, 5) is 25.7. The lowest BCUT2D eigenvalue weighted by atomic mass is 10.2. The molecule has 1 atom stereocenters. The molecule has 1 aromatic heterocycles. The molecule has 1 saturated heterocycles. The van der Waals surface area contributed by atoms with Crippen LogP contribution in [0.1, 0.15) is 12.7 Å². The van der Waals surface area contributed by atoms with E-state index in [1.807, 2.05) is 78.6 Å². The molecule has 160 valence electrons. The summed E-state index contributed by atoms with van der Waals surface area (Å²) >= 11 is 0. The Morgan fingerprint density at radius 1 is 0.903 bits per heavy atom. The average Bonchev–Trinajstić information content (AvgIpc) is 2.79. The molecular formula is C24H26N4O3. The number of anilines is 1. The maximum absolute atomic E-state index is 12.8. The fourth-order valence-electron chi connectivity index (χ4n) is 3.52. The molecule has 2 heterocycles. The fraction of sp³-hybridized carbons (Fsp3) is 0.292. The first-order valence-electron chi connectivity index (χ1n) is 10.4. The highest BCUT2D eigenvalue weighted by Gasteiger charge is 2.27. The predicted molar refractivity (Wildman–Crippen MR) is 119 cm³/mol. The van der Waals surface area contributed by atoms with Gasteiger partial charge in [0.15, 0.2) is 6.10 Å². The van der Waals surface area contributed by atoms with Gasteiger partial charge in [-0.15, -0.1) is 0 Å². The van der Waals surface area contributed by atoms with E-state index in [-0.39, 0.29) is 5.91 Å². The van der Waals surface area contributed by atoms with Crippen molar-refractivity contribution >= 4 is 11.7 Å². The first-order valence-corrected chi connectivity index (χ1v) is 10.4. The van der Waals surface area contributed by atoms with Gasteiger partial charge in [0.1, 0.15) is 23.1 Å². The zero-order valence-corrected chi connectivity index (χ0v) is 17.8. The van der Waals surface area contributed by atoms with Gasteiger partial charge >= 0.3 is 0 Å². The number of para-hydroxylation sites is 2. The number of amides is 1. The summed E-state index contributed by atoms with van der Waals surface area (Å²) in [6.45, 7) is 6.24. The van der Waals surface area contributed by atoms with Crippen LogP contribution in [0, 0.1) is 6.92 Å². The molecule has 1 amide bonds. The third-order valence-corrected chi connectivity index (χ3v) is 5.09. The molecule has 1 unspecified atom stereocenters. The van der Waals surface area contributed by atoms with E-state index >= 15 is 0 Å². The summed E-state index contributed by atoms with van der Waals surface area (Å²) in [5.74, 6) is 3.39. The molecule has 0 saturated carbocycles. The van der Waals surface area contributed by atoms with Gasteiger partial charge in [0.25, 0.3) is 5.91 Å². The minimum absolute atomic E-state index is 0.00419. The van der Waals surface area contributed by atoms with E-state index < -0.39 is 6.10 Å². The van der Waals surface area contributed by atoms with Crippen molar-refractivity contribution in [3.8, 4) is 17.4 Å². The van der Waals surface area contributed by atoms with Crippen LogP contribution in [0.2, 0.25) is 0 Å². The number of carbonyl (C=O) groups excluding carboxylic acids is 1. The number of ether oxygens (including phenoxy) is 2. The quantitative estimate of drug-likeness (QED) is 0.608. The van der Waals surface area contributed by atoms with Crippen LogP contribution >= 0.6 is 0 Å². The van der Waals surface area contributed by atoms with E-state index in [9.17, 15) is 4.79 Å². The molecule has 7 nitrogen and oxygen atoms in total. The number of nitrogens with zero attached hydrogens (tertiary/aromatic N) is 4. The van der Waals surface area contributed by atoms with Gasteiger partial charge < -0.3 is 19.3 Å². The maximum atomic E-state index is 12.8. The molecule has 2 aromatic carbocycles. The molecule has 1 fully saturated rings. The van der Waals surface area contributed by atoms with Gasteiger partial charge in [-0.3, -0.25) is 4.79 Å². The highest BCUT2D eigenvalue weighted by molar-refractivity contribution is 5.81. The van der Waals surface area contributed by atoms with E-state index in [1.54, 1.807) is 6.92 Å². The van der Waals surface area contributed by atoms with Gasteiger partial charge in [-0.1, -0.05) is 36.4 Å². The summed E-state index contributed by atoms with van der Waals surface area (Å²) in [6, 6.07) is 20.8. The van der Waals surface area contributed by atoms with E-state index in [2.05, 4.69) is 14.9 Å². The van der Waals surface area contributed by atoms with Crippen LogP contribution in [0.5, 0.6) is 17.4 Å². The standard InChI is InChI=1S/C24H26N4O3/c1-18(30-20-9-5-3-6-10-20)24(29)28-15-13-27(14-16-28)22-17-23(26-19(2)25-22)31-21-11-7-4-8-12-21/h3-12,17-18H,13-16H2,1-2H3. The molecule has 1 aliphatic rings. The number of hydrogen-bond donors (Lipinski definition) is 0. The zero-order valence-electron chi connectivity index (χ0n) is 17.8. The Bertz CT molecular complexity index is 1010. The number of aromatic nitrogens is 2. The van der Waals surface area contributed by atoms with Crippen LogP contribution in [-0.2, 0) is 4.79 Å². The normalized spacial score (nSPS) is 14.8. The summed E-state index contributed by atoms with van der Waals surface area (Å²) in [5.41, 5.74) is 0. The molecule has 4 rings (SSSR count). The Morgan fingerprint density at radius 3 is 2.16 bits per heavy atom. The Kier molecular flexibility index (Phi) is 6.31. The zero-order chi connectivity index (χ0) is 21.6. The highest BCUT2D eigenvalue weighted by atomic mass is 16.5. The summed E-state index contributed by atoms with van der Waals surface area (Å²) < 4.78 is 11.7. The number of rotatable bonds is 6. The molecule has 0 bridgehead atoms.